The first kappa shape index (κ1) is 18.9. The predicted octanol–water partition coefficient (Wildman–Crippen LogP) is 2.89. The molecule has 1 atom stereocenters. The van der Waals surface area contributed by atoms with Gasteiger partial charge in [-0.25, -0.2) is 0 Å². The number of hydrogen-bond donors (Lipinski definition) is 1. The summed E-state index contributed by atoms with van der Waals surface area (Å²) in [5.74, 6) is -0.547. The number of ether oxygens (including phenoxy) is 2. The van der Waals surface area contributed by atoms with Crippen molar-refractivity contribution in [3.05, 3.63) is 65.2 Å². The van der Waals surface area contributed by atoms with Crippen molar-refractivity contribution in [2.45, 2.75) is 26.0 Å². The Labute approximate surface area is 158 Å². The molecule has 6 nitrogen and oxygen atoms in total. The number of aryl methyl sites for hydroxylation is 1. The first-order chi connectivity index (χ1) is 13.0. The number of carbonyl (C=O) groups is 2. The lowest BCUT2D eigenvalue weighted by Gasteiger charge is -2.34. The van der Waals surface area contributed by atoms with Crippen molar-refractivity contribution in [3.63, 3.8) is 0 Å². The first-order valence-electron chi connectivity index (χ1n) is 8.92. The largest absolute Gasteiger partial charge is 0.489 e. The molecule has 1 unspecified atom stereocenters. The van der Waals surface area contributed by atoms with Gasteiger partial charge in [0.25, 0.3) is 5.91 Å². The highest BCUT2D eigenvalue weighted by atomic mass is 16.5. The molecule has 2 aromatic rings. The molecular weight excluding hydrogens is 346 g/mol. The number of nitrogens with zero attached hydrogens (tertiary/aromatic N) is 1. The van der Waals surface area contributed by atoms with Crippen LogP contribution in [0.25, 0.3) is 0 Å². The quantitative estimate of drug-likeness (QED) is 0.847. The fraction of sp³-hybridized carbons (Fsp3) is 0.333. The van der Waals surface area contributed by atoms with Gasteiger partial charge >= 0.3 is 5.97 Å². The average Bonchev–Trinajstić information content (AvgIpc) is 2.66. The van der Waals surface area contributed by atoms with E-state index in [-0.39, 0.29) is 18.9 Å². The zero-order chi connectivity index (χ0) is 19.2. The number of amides is 1. The molecule has 1 N–H and O–H groups in total. The molecule has 1 aliphatic heterocycles. The van der Waals surface area contributed by atoms with E-state index in [9.17, 15) is 9.59 Å². The molecule has 0 radical (unpaired) electrons. The van der Waals surface area contributed by atoms with E-state index in [0.717, 1.165) is 11.1 Å². The molecule has 0 spiro atoms. The minimum atomic E-state index is -0.946. The van der Waals surface area contributed by atoms with Crippen LogP contribution in [0.1, 0.15) is 27.9 Å². The third kappa shape index (κ3) is 5.08. The molecule has 2 aromatic carbocycles. The fourth-order valence-electron chi connectivity index (χ4n) is 3.15. The SMILES string of the molecule is Cc1cccc(COc2cccc(C(=O)N3CCOCC3CC(=O)O)c2)c1. The molecule has 1 saturated heterocycles. The van der Waals surface area contributed by atoms with Crippen LogP contribution < -0.4 is 4.74 Å². The van der Waals surface area contributed by atoms with Crippen LogP contribution in [0.2, 0.25) is 0 Å². The Morgan fingerprint density at radius 2 is 2.04 bits per heavy atom. The van der Waals surface area contributed by atoms with Gasteiger partial charge in [0.2, 0.25) is 0 Å². The molecular formula is C21H23NO5. The molecule has 0 saturated carbocycles. The summed E-state index contributed by atoms with van der Waals surface area (Å²) in [6.45, 7) is 3.47. The van der Waals surface area contributed by atoms with E-state index in [0.29, 0.717) is 31.1 Å². The molecule has 0 aromatic heterocycles. The van der Waals surface area contributed by atoms with Crippen molar-refractivity contribution < 1.29 is 24.2 Å². The number of aliphatic carboxylic acids is 1. The average molecular weight is 369 g/mol. The molecule has 0 bridgehead atoms. The van der Waals surface area contributed by atoms with Gasteiger partial charge in [0.15, 0.2) is 0 Å². The second-order valence-corrected chi connectivity index (χ2v) is 6.63. The van der Waals surface area contributed by atoms with Crippen LogP contribution in [0.4, 0.5) is 0 Å². The minimum Gasteiger partial charge on any atom is -0.489 e. The van der Waals surface area contributed by atoms with Gasteiger partial charge in [0.05, 0.1) is 25.7 Å². The summed E-state index contributed by atoms with van der Waals surface area (Å²) in [6, 6.07) is 14.6. The molecule has 0 aliphatic carbocycles. The van der Waals surface area contributed by atoms with Crippen LogP contribution >= 0.6 is 0 Å². The van der Waals surface area contributed by atoms with E-state index in [1.54, 1.807) is 29.2 Å². The maximum atomic E-state index is 12.9. The van der Waals surface area contributed by atoms with Gasteiger partial charge in [-0.2, -0.15) is 0 Å². The summed E-state index contributed by atoms with van der Waals surface area (Å²) in [4.78, 5) is 25.5. The van der Waals surface area contributed by atoms with E-state index in [1.165, 1.54) is 0 Å². The Bertz CT molecular complexity index is 820. The molecule has 1 fully saturated rings. The van der Waals surface area contributed by atoms with Gasteiger partial charge in [-0.15, -0.1) is 0 Å². The number of rotatable bonds is 6. The van der Waals surface area contributed by atoms with Gasteiger partial charge in [0.1, 0.15) is 12.4 Å². The molecule has 3 rings (SSSR count). The lowest BCUT2D eigenvalue weighted by Crippen LogP contribution is -2.49. The number of hydrogen-bond acceptors (Lipinski definition) is 4. The highest BCUT2D eigenvalue weighted by Gasteiger charge is 2.29. The Kier molecular flexibility index (Phi) is 6.08. The number of carboxylic acid groups (broad SMARTS) is 1. The molecule has 1 aliphatic rings. The summed E-state index contributed by atoms with van der Waals surface area (Å²) in [6.07, 6.45) is -0.130. The molecule has 1 heterocycles. The highest BCUT2D eigenvalue weighted by molar-refractivity contribution is 5.95. The van der Waals surface area contributed by atoms with Crippen molar-refractivity contribution in [2.75, 3.05) is 19.8 Å². The summed E-state index contributed by atoms with van der Waals surface area (Å²) in [7, 11) is 0. The van der Waals surface area contributed by atoms with Crippen molar-refractivity contribution >= 4 is 11.9 Å². The third-order valence-electron chi connectivity index (χ3n) is 4.47. The Morgan fingerprint density at radius 3 is 2.81 bits per heavy atom. The van der Waals surface area contributed by atoms with Gasteiger partial charge in [-0.3, -0.25) is 9.59 Å². The normalized spacial score (nSPS) is 16.8. The van der Waals surface area contributed by atoms with E-state index >= 15 is 0 Å². The molecule has 142 valence electrons. The maximum Gasteiger partial charge on any atom is 0.305 e. The van der Waals surface area contributed by atoms with Gasteiger partial charge in [0, 0.05) is 12.1 Å². The fourth-order valence-corrected chi connectivity index (χ4v) is 3.15. The van der Waals surface area contributed by atoms with Gasteiger partial charge < -0.3 is 19.5 Å². The third-order valence-corrected chi connectivity index (χ3v) is 4.47. The first-order valence-corrected chi connectivity index (χ1v) is 8.92. The van der Waals surface area contributed by atoms with Gasteiger partial charge in [-0.05, 0) is 30.7 Å². The molecule has 27 heavy (non-hydrogen) atoms. The molecule has 1 amide bonds. The standard InChI is InChI=1S/C21H23NO5/c1-15-4-2-5-16(10-15)13-27-19-7-3-6-17(11-19)21(25)22-8-9-26-14-18(22)12-20(23)24/h2-7,10-11,18H,8-9,12-14H2,1H3,(H,23,24). The van der Waals surface area contributed by atoms with E-state index in [2.05, 4.69) is 6.07 Å². The van der Waals surface area contributed by atoms with Crippen LogP contribution in [0.5, 0.6) is 5.75 Å². The highest BCUT2D eigenvalue weighted by Crippen LogP contribution is 2.20. The predicted molar refractivity (Wildman–Crippen MR) is 99.8 cm³/mol. The zero-order valence-electron chi connectivity index (χ0n) is 15.3. The van der Waals surface area contributed by atoms with E-state index in [4.69, 9.17) is 14.6 Å². The van der Waals surface area contributed by atoms with Crippen molar-refractivity contribution in [1.29, 1.82) is 0 Å². The van der Waals surface area contributed by atoms with E-state index in [1.807, 2.05) is 25.1 Å². The number of benzene rings is 2. The Balaban J connectivity index is 1.70. The lowest BCUT2D eigenvalue weighted by atomic mass is 10.1. The van der Waals surface area contributed by atoms with Crippen LogP contribution in [0, 0.1) is 6.92 Å². The summed E-state index contributed by atoms with van der Waals surface area (Å²) >= 11 is 0. The van der Waals surface area contributed by atoms with Crippen LogP contribution in [0.15, 0.2) is 48.5 Å². The van der Waals surface area contributed by atoms with E-state index < -0.39 is 12.0 Å². The van der Waals surface area contributed by atoms with Crippen LogP contribution in [-0.4, -0.2) is 47.7 Å². The topological polar surface area (TPSA) is 76.1 Å². The van der Waals surface area contributed by atoms with Crippen LogP contribution in [0.3, 0.4) is 0 Å². The molecule has 6 heteroatoms. The smallest absolute Gasteiger partial charge is 0.305 e. The second kappa shape index (κ2) is 8.68. The number of carbonyl (C=O) groups excluding carboxylic acids is 1. The maximum absolute atomic E-state index is 12.9. The number of morpholine rings is 1. The Hall–Kier alpha value is -2.86. The second-order valence-electron chi connectivity index (χ2n) is 6.63. The zero-order valence-corrected chi connectivity index (χ0v) is 15.3. The summed E-state index contributed by atoms with van der Waals surface area (Å²) < 4.78 is 11.2. The lowest BCUT2D eigenvalue weighted by molar-refractivity contribution is -0.139. The van der Waals surface area contributed by atoms with Crippen LogP contribution in [-0.2, 0) is 16.1 Å². The van der Waals surface area contributed by atoms with Crippen molar-refractivity contribution in [3.8, 4) is 5.75 Å². The summed E-state index contributed by atoms with van der Waals surface area (Å²) in [5, 5.41) is 9.06. The van der Waals surface area contributed by atoms with Crippen molar-refractivity contribution in [1.82, 2.24) is 4.90 Å². The van der Waals surface area contributed by atoms with Gasteiger partial charge in [-0.1, -0.05) is 35.9 Å². The summed E-state index contributed by atoms with van der Waals surface area (Å²) in [5.41, 5.74) is 2.70. The van der Waals surface area contributed by atoms with Crippen molar-refractivity contribution in [2.24, 2.45) is 0 Å². The monoisotopic (exact) mass is 369 g/mol. The number of carboxylic acids is 1. The Morgan fingerprint density at radius 1 is 1.22 bits per heavy atom. The minimum absolute atomic E-state index is 0.130.